The third-order valence-electron chi connectivity index (χ3n) is 4.06. The zero-order valence-electron chi connectivity index (χ0n) is 12.7. The van der Waals surface area contributed by atoms with Gasteiger partial charge < -0.3 is 4.90 Å². The molecule has 2 nitrogen and oxygen atoms in total. The lowest BCUT2D eigenvalue weighted by atomic mass is 10.1. The van der Waals surface area contributed by atoms with E-state index in [-0.39, 0.29) is 0 Å². The molecule has 0 unspecified atom stereocenters. The van der Waals surface area contributed by atoms with E-state index >= 15 is 0 Å². The van der Waals surface area contributed by atoms with E-state index in [1.54, 1.807) is 0 Å². The Labute approximate surface area is 132 Å². The van der Waals surface area contributed by atoms with Crippen molar-refractivity contribution in [3.8, 4) is 0 Å². The number of Topliss-reactive ketones (excluding diaryl/α,β-unsaturated/α-hetero) is 1. The Kier molecular flexibility index (Phi) is 4.69. The van der Waals surface area contributed by atoms with Crippen molar-refractivity contribution in [2.75, 3.05) is 4.90 Å². The molecule has 2 aromatic carbocycles. The zero-order valence-corrected chi connectivity index (χ0v) is 12.7. The van der Waals surface area contributed by atoms with Gasteiger partial charge in [-0.25, -0.2) is 0 Å². The van der Waals surface area contributed by atoms with Crippen LogP contribution in [0.5, 0.6) is 0 Å². The summed E-state index contributed by atoms with van der Waals surface area (Å²) >= 11 is 0. The Morgan fingerprint density at radius 1 is 0.727 bits per heavy atom. The van der Waals surface area contributed by atoms with Gasteiger partial charge in [0, 0.05) is 29.6 Å². The smallest absolute Gasteiger partial charge is 0.160 e. The number of anilines is 2. The minimum absolute atomic E-state index is 0.300. The maximum Gasteiger partial charge on any atom is 0.160 e. The van der Waals surface area contributed by atoms with Crippen LogP contribution < -0.4 is 4.90 Å². The van der Waals surface area contributed by atoms with Gasteiger partial charge in [0.05, 0.1) is 0 Å². The Morgan fingerprint density at radius 3 is 1.86 bits per heavy atom. The van der Waals surface area contributed by atoms with Gasteiger partial charge >= 0.3 is 0 Å². The van der Waals surface area contributed by atoms with E-state index in [9.17, 15) is 4.79 Å². The molecule has 0 radical (unpaired) electrons. The van der Waals surface area contributed by atoms with Crippen LogP contribution in [0.25, 0.3) is 0 Å². The van der Waals surface area contributed by atoms with E-state index < -0.39 is 0 Å². The molecule has 2 aromatic rings. The van der Waals surface area contributed by atoms with Crippen LogP contribution in [0.2, 0.25) is 0 Å². The van der Waals surface area contributed by atoms with Crippen LogP contribution in [0.15, 0.2) is 72.4 Å². The van der Waals surface area contributed by atoms with Gasteiger partial charge in [-0.3, -0.25) is 4.79 Å². The Bertz CT molecular complexity index is 606. The number of ketones is 1. The van der Waals surface area contributed by atoms with Crippen LogP contribution in [0.1, 0.15) is 32.1 Å². The van der Waals surface area contributed by atoms with Crippen molar-refractivity contribution in [2.45, 2.75) is 32.1 Å². The highest BCUT2D eigenvalue weighted by molar-refractivity contribution is 5.96. The third-order valence-corrected chi connectivity index (χ3v) is 4.06. The maximum absolute atomic E-state index is 12.3. The largest absolute Gasteiger partial charge is 0.317 e. The molecule has 0 bridgehead atoms. The molecule has 22 heavy (non-hydrogen) atoms. The van der Waals surface area contributed by atoms with Gasteiger partial charge in [0.1, 0.15) is 0 Å². The van der Waals surface area contributed by atoms with Crippen molar-refractivity contribution >= 4 is 17.2 Å². The molecule has 0 saturated heterocycles. The average molecular weight is 291 g/mol. The predicted octanol–water partition coefficient (Wildman–Crippen LogP) is 5.24. The van der Waals surface area contributed by atoms with Gasteiger partial charge in [0.15, 0.2) is 5.78 Å². The first-order valence-corrected chi connectivity index (χ1v) is 7.98. The molecule has 0 spiro atoms. The van der Waals surface area contributed by atoms with Crippen LogP contribution in [-0.2, 0) is 4.79 Å². The summed E-state index contributed by atoms with van der Waals surface area (Å²) < 4.78 is 0. The van der Waals surface area contributed by atoms with Gasteiger partial charge in [0.25, 0.3) is 0 Å². The number of rotatable bonds is 3. The second-order valence-corrected chi connectivity index (χ2v) is 5.68. The van der Waals surface area contributed by atoms with Gasteiger partial charge in [-0.05, 0) is 43.5 Å². The Balaban J connectivity index is 2.00. The monoisotopic (exact) mass is 291 g/mol. The number of carbonyl (C=O) groups excluding carboxylic acids is 1. The average Bonchev–Trinajstić information content (AvgIpc) is 2.78. The molecule has 0 atom stereocenters. The number of para-hydroxylation sites is 2. The Morgan fingerprint density at radius 2 is 1.27 bits per heavy atom. The van der Waals surface area contributed by atoms with Crippen molar-refractivity contribution in [1.29, 1.82) is 0 Å². The molecule has 0 amide bonds. The van der Waals surface area contributed by atoms with Gasteiger partial charge in [-0.2, -0.15) is 0 Å². The van der Waals surface area contributed by atoms with E-state index in [2.05, 4.69) is 29.2 Å². The standard InChI is InChI=1S/C20H21NO/c22-20-15-9-1-4-10-17(20)16-21(18-11-5-2-6-12-18)19-13-7-3-8-14-19/h2-3,5-8,11-14,16H,1,4,9-10,15H2/b17-16+. The van der Waals surface area contributed by atoms with Crippen LogP contribution in [0.3, 0.4) is 0 Å². The van der Waals surface area contributed by atoms with E-state index in [0.29, 0.717) is 12.2 Å². The summed E-state index contributed by atoms with van der Waals surface area (Å²) in [7, 11) is 0. The second-order valence-electron chi connectivity index (χ2n) is 5.68. The molecule has 1 saturated carbocycles. The minimum atomic E-state index is 0.300. The van der Waals surface area contributed by atoms with Crippen LogP contribution >= 0.6 is 0 Å². The van der Waals surface area contributed by atoms with Gasteiger partial charge in [-0.1, -0.05) is 42.8 Å². The molecule has 3 rings (SSSR count). The SMILES string of the molecule is O=C1CCCCC/C1=C\N(c1ccccc1)c1ccccc1. The lowest BCUT2D eigenvalue weighted by Crippen LogP contribution is -2.12. The lowest BCUT2D eigenvalue weighted by molar-refractivity contribution is -0.115. The molecule has 1 aliphatic rings. The van der Waals surface area contributed by atoms with Crippen molar-refractivity contribution in [2.24, 2.45) is 0 Å². The first kappa shape index (κ1) is 14.6. The predicted molar refractivity (Wildman–Crippen MR) is 91.2 cm³/mol. The number of nitrogens with zero attached hydrogens (tertiary/aromatic N) is 1. The molecule has 1 fully saturated rings. The highest BCUT2D eigenvalue weighted by Gasteiger charge is 2.16. The maximum atomic E-state index is 12.3. The molecule has 1 aliphatic carbocycles. The van der Waals surface area contributed by atoms with Gasteiger partial charge in [-0.15, -0.1) is 0 Å². The number of hydrogen-bond acceptors (Lipinski definition) is 2. The summed E-state index contributed by atoms with van der Waals surface area (Å²) in [6.07, 6.45) is 6.89. The highest BCUT2D eigenvalue weighted by atomic mass is 16.1. The van der Waals surface area contributed by atoms with Gasteiger partial charge in [0.2, 0.25) is 0 Å². The minimum Gasteiger partial charge on any atom is -0.317 e. The van der Waals surface area contributed by atoms with E-state index in [1.807, 2.05) is 42.6 Å². The molecule has 0 heterocycles. The fourth-order valence-corrected chi connectivity index (χ4v) is 2.85. The van der Waals surface area contributed by atoms with Crippen molar-refractivity contribution < 1.29 is 4.79 Å². The van der Waals surface area contributed by atoms with Crippen molar-refractivity contribution in [3.63, 3.8) is 0 Å². The summed E-state index contributed by atoms with van der Waals surface area (Å²) in [4.78, 5) is 14.4. The van der Waals surface area contributed by atoms with E-state index in [1.165, 1.54) is 0 Å². The summed E-state index contributed by atoms with van der Waals surface area (Å²) in [6.45, 7) is 0. The topological polar surface area (TPSA) is 20.3 Å². The van der Waals surface area contributed by atoms with E-state index in [0.717, 1.165) is 42.6 Å². The van der Waals surface area contributed by atoms with Crippen LogP contribution in [0.4, 0.5) is 11.4 Å². The number of carbonyl (C=O) groups is 1. The summed E-state index contributed by atoms with van der Waals surface area (Å²) in [5, 5.41) is 0. The molecular weight excluding hydrogens is 270 g/mol. The first-order valence-electron chi connectivity index (χ1n) is 7.98. The Hall–Kier alpha value is -2.35. The van der Waals surface area contributed by atoms with Crippen LogP contribution in [0, 0.1) is 0 Å². The number of benzene rings is 2. The normalized spacial score (nSPS) is 17.3. The zero-order chi connectivity index (χ0) is 15.2. The summed E-state index contributed by atoms with van der Waals surface area (Å²) in [5.41, 5.74) is 3.11. The fourth-order valence-electron chi connectivity index (χ4n) is 2.85. The second kappa shape index (κ2) is 7.08. The molecule has 0 aromatic heterocycles. The molecule has 2 heteroatoms. The van der Waals surface area contributed by atoms with E-state index in [4.69, 9.17) is 0 Å². The fraction of sp³-hybridized carbons (Fsp3) is 0.250. The molecule has 0 N–H and O–H groups in total. The molecule has 112 valence electrons. The number of allylic oxidation sites excluding steroid dienone is 1. The summed E-state index contributed by atoms with van der Waals surface area (Å²) in [6, 6.07) is 20.4. The molecular formula is C20H21NO. The summed E-state index contributed by atoms with van der Waals surface area (Å²) in [5.74, 6) is 0.300. The van der Waals surface area contributed by atoms with Crippen molar-refractivity contribution in [3.05, 3.63) is 72.4 Å². The highest BCUT2D eigenvalue weighted by Crippen LogP contribution is 2.28. The lowest BCUT2D eigenvalue weighted by Gasteiger charge is -2.22. The number of hydrogen-bond donors (Lipinski definition) is 0. The quantitative estimate of drug-likeness (QED) is 0.569. The molecule has 0 aliphatic heterocycles. The first-order chi connectivity index (χ1) is 10.8. The van der Waals surface area contributed by atoms with Crippen LogP contribution in [-0.4, -0.2) is 5.78 Å². The third kappa shape index (κ3) is 3.45. The van der Waals surface area contributed by atoms with Crippen molar-refractivity contribution in [1.82, 2.24) is 0 Å².